The van der Waals surface area contributed by atoms with Gasteiger partial charge in [0.1, 0.15) is 0 Å². The Labute approximate surface area is 80.1 Å². The van der Waals surface area contributed by atoms with Gasteiger partial charge in [-0.05, 0) is 18.2 Å². The molecule has 0 saturated heterocycles. The minimum absolute atomic E-state index is 0.388. The lowest BCUT2D eigenvalue weighted by Gasteiger charge is -2.11. The zero-order valence-corrected chi connectivity index (χ0v) is 7.32. The number of halogens is 1. The summed E-state index contributed by atoms with van der Waals surface area (Å²) < 4.78 is 0. The van der Waals surface area contributed by atoms with E-state index in [1.807, 2.05) is 0 Å². The first kappa shape index (κ1) is 9.52. The van der Waals surface area contributed by atoms with Crippen LogP contribution in [0.15, 0.2) is 24.3 Å². The van der Waals surface area contributed by atoms with Crippen LogP contribution in [0.1, 0.15) is 0 Å². The van der Waals surface area contributed by atoms with Crippen LogP contribution in [-0.2, 0) is 4.79 Å². The molecule has 0 aliphatic carbocycles. The molecule has 0 bridgehead atoms. The van der Waals surface area contributed by atoms with Crippen molar-refractivity contribution >= 4 is 23.2 Å². The standard InChI is InChI=1S/C8H6ClN3O/c9-6-2-1-3-7(4-6)12(11)8(13)5-10/h1-4H,11H2. The molecule has 0 fully saturated rings. The molecule has 5 heteroatoms. The van der Waals surface area contributed by atoms with E-state index in [0.717, 1.165) is 5.01 Å². The second kappa shape index (κ2) is 3.90. The van der Waals surface area contributed by atoms with Crippen molar-refractivity contribution in [3.63, 3.8) is 0 Å². The Morgan fingerprint density at radius 1 is 1.62 bits per heavy atom. The summed E-state index contributed by atoms with van der Waals surface area (Å²) >= 11 is 5.66. The van der Waals surface area contributed by atoms with Crippen LogP contribution in [-0.4, -0.2) is 5.91 Å². The summed E-state index contributed by atoms with van der Waals surface area (Å²) in [5, 5.41) is 9.48. The quantitative estimate of drug-likeness (QED) is 0.315. The lowest BCUT2D eigenvalue weighted by atomic mass is 10.3. The van der Waals surface area contributed by atoms with Gasteiger partial charge in [-0.2, -0.15) is 5.26 Å². The minimum Gasteiger partial charge on any atom is -0.255 e. The van der Waals surface area contributed by atoms with Gasteiger partial charge >= 0.3 is 5.91 Å². The van der Waals surface area contributed by atoms with E-state index in [1.165, 1.54) is 12.1 Å². The average Bonchev–Trinajstić information content (AvgIpc) is 2.15. The SMILES string of the molecule is N#CC(=O)N(N)c1cccc(Cl)c1. The van der Waals surface area contributed by atoms with Crippen LogP contribution < -0.4 is 10.9 Å². The van der Waals surface area contributed by atoms with E-state index in [-0.39, 0.29) is 0 Å². The molecule has 2 N–H and O–H groups in total. The molecule has 0 saturated carbocycles. The maximum Gasteiger partial charge on any atom is 0.343 e. The highest BCUT2D eigenvalue weighted by Crippen LogP contribution is 2.16. The molecule has 0 atom stereocenters. The molecule has 0 aliphatic rings. The highest BCUT2D eigenvalue weighted by atomic mass is 35.5. The van der Waals surface area contributed by atoms with Gasteiger partial charge < -0.3 is 0 Å². The van der Waals surface area contributed by atoms with E-state index in [1.54, 1.807) is 18.2 Å². The maximum atomic E-state index is 10.8. The van der Waals surface area contributed by atoms with Gasteiger partial charge in [0.05, 0.1) is 5.69 Å². The number of nitrogens with two attached hydrogens (primary N) is 1. The predicted octanol–water partition coefficient (Wildman–Crippen LogP) is 1.07. The predicted molar refractivity (Wildman–Crippen MR) is 48.7 cm³/mol. The van der Waals surface area contributed by atoms with Crippen molar-refractivity contribution in [1.82, 2.24) is 0 Å². The monoisotopic (exact) mass is 195 g/mol. The summed E-state index contributed by atoms with van der Waals surface area (Å²) in [4.78, 5) is 10.8. The first-order chi connectivity index (χ1) is 6.15. The zero-order valence-electron chi connectivity index (χ0n) is 6.57. The summed E-state index contributed by atoms with van der Waals surface area (Å²) in [6, 6.07) is 7.77. The molecule has 0 heterocycles. The van der Waals surface area contributed by atoms with Crippen LogP contribution in [0.3, 0.4) is 0 Å². The van der Waals surface area contributed by atoms with Crippen LogP contribution in [0.4, 0.5) is 5.69 Å². The number of benzene rings is 1. The Hall–Kier alpha value is -1.57. The molecule has 1 aromatic rings. The average molecular weight is 196 g/mol. The molecule has 0 aromatic heterocycles. The topological polar surface area (TPSA) is 70.1 Å². The van der Waals surface area contributed by atoms with Gasteiger partial charge in [0.15, 0.2) is 6.07 Å². The van der Waals surface area contributed by atoms with Crippen LogP contribution in [0.25, 0.3) is 0 Å². The van der Waals surface area contributed by atoms with Gasteiger partial charge in [-0.25, -0.2) is 10.9 Å². The largest absolute Gasteiger partial charge is 0.343 e. The number of hydrogen-bond acceptors (Lipinski definition) is 3. The molecule has 0 aliphatic heterocycles. The van der Waals surface area contributed by atoms with Gasteiger partial charge in [-0.15, -0.1) is 0 Å². The second-order valence-corrected chi connectivity index (χ2v) is 2.70. The van der Waals surface area contributed by atoms with Crippen molar-refractivity contribution < 1.29 is 4.79 Å². The van der Waals surface area contributed by atoms with Gasteiger partial charge in [-0.1, -0.05) is 17.7 Å². The summed E-state index contributed by atoms with van der Waals surface area (Å²) in [6.45, 7) is 0. The Bertz CT molecular complexity index is 372. The van der Waals surface area contributed by atoms with Gasteiger partial charge in [0, 0.05) is 5.02 Å². The Morgan fingerprint density at radius 3 is 2.85 bits per heavy atom. The second-order valence-electron chi connectivity index (χ2n) is 2.27. The molecule has 4 nitrogen and oxygen atoms in total. The van der Waals surface area contributed by atoms with Crippen LogP contribution >= 0.6 is 11.6 Å². The number of carbonyl (C=O) groups is 1. The number of hydrazine groups is 1. The summed E-state index contributed by atoms with van der Waals surface area (Å²) in [6.07, 6.45) is 0. The Morgan fingerprint density at radius 2 is 2.31 bits per heavy atom. The zero-order chi connectivity index (χ0) is 9.84. The molecule has 13 heavy (non-hydrogen) atoms. The number of nitrogens with zero attached hydrogens (tertiary/aromatic N) is 2. The van der Waals surface area contributed by atoms with Crippen LogP contribution in [0, 0.1) is 11.3 Å². The molecule has 1 amide bonds. The number of carbonyl (C=O) groups excluding carboxylic acids is 1. The molecular weight excluding hydrogens is 190 g/mol. The summed E-state index contributed by atoms with van der Waals surface area (Å²) in [5.74, 6) is 4.49. The van der Waals surface area contributed by atoms with Crippen molar-refractivity contribution in [2.75, 3.05) is 5.01 Å². The van der Waals surface area contributed by atoms with E-state index in [2.05, 4.69) is 0 Å². The number of nitriles is 1. The van der Waals surface area contributed by atoms with Gasteiger partial charge in [-0.3, -0.25) is 4.79 Å². The van der Waals surface area contributed by atoms with Crippen molar-refractivity contribution in [3.05, 3.63) is 29.3 Å². The molecule has 1 aromatic carbocycles. The van der Waals surface area contributed by atoms with Crippen LogP contribution in [0.2, 0.25) is 5.02 Å². The first-order valence-corrected chi connectivity index (χ1v) is 3.77. The molecule has 0 unspecified atom stereocenters. The van der Waals surface area contributed by atoms with Crippen molar-refractivity contribution in [3.8, 4) is 6.07 Å². The lowest BCUT2D eigenvalue weighted by Crippen LogP contribution is -2.36. The van der Waals surface area contributed by atoms with Crippen molar-refractivity contribution in [2.45, 2.75) is 0 Å². The van der Waals surface area contributed by atoms with Crippen molar-refractivity contribution in [2.24, 2.45) is 5.84 Å². The third-order valence-corrected chi connectivity index (χ3v) is 1.64. The van der Waals surface area contributed by atoms with Gasteiger partial charge in [0.25, 0.3) is 0 Å². The van der Waals surface area contributed by atoms with E-state index >= 15 is 0 Å². The smallest absolute Gasteiger partial charge is 0.255 e. The fourth-order valence-corrected chi connectivity index (χ4v) is 0.982. The summed E-state index contributed by atoms with van der Waals surface area (Å²) in [7, 11) is 0. The fraction of sp³-hybridized carbons (Fsp3) is 0. The third kappa shape index (κ3) is 2.18. The fourth-order valence-electron chi connectivity index (χ4n) is 0.797. The van der Waals surface area contributed by atoms with Crippen molar-refractivity contribution in [1.29, 1.82) is 5.26 Å². The van der Waals surface area contributed by atoms with Crippen LogP contribution in [0.5, 0.6) is 0 Å². The normalized spacial score (nSPS) is 9.00. The summed E-state index contributed by atoms with van der Waals surface area (Å²) in [5.41, 5.74) is 0.388. The molecule has 1 rings (SSSR count). The van der Waals surface area contributed by atoms with E-state index < -0.39 is 5.91 Å². The minimum atomic E-state index is -0.831. The highest BCUT2D eigenvalue weighted by Gasteiger charge is 2.09. The number of anilines is 1. The van der Waals surface area contributed by atoms with Gasteiger partial charge in [0.2, 0.25) is 0 Å². The van der Waals surface area contributed by atoms with E-state index in [0.29, 0.717) is 10.7 Å². The molecule has 0 spiro atoms. The van der Waals surface area contributed by atoms with E-state index in [4.69, 9.17) is 22.7 Å². The number of amides is 1. The third-order valence-electron chi connectivity index (χ3n) is 1.40. The Kier molecular flexibility index (Phi) is 2.85. The first-order valence-electron chi connectivity index (χ1n) is 3.39. The Balaban J connectivity index is 2.96. The molecule has 0 radical (unpaired) electrons. The molecular formula is C8H6ClN3O. The maximum absolute atomic E-state index is 10.8. The number of hydrogen-bond donors (Lipinski definition) is 1. The lowest BCUT2D eigenvalue weighted by molar-refractivity contribution is -0.113. The molecule has 66 valence electrons. The highest BCUT2D eigenvalue weighted by molar-refractivity contribution is 6.30. The number of rotatable bonds is 1. The van der Waals surface area contributed by atoms with E-state index in [9.17, 15) is 4.79 Å².